The van der Waals surface area contributed by atoms with Crippen molar-refractivity contribution in [2.45, 2.75) is 65.0 Å². The number of carbonyl (C=O) groups excluding carboxylic acids is 2. The summed E-state index contributed by atoms with van der Waals surface area (Å²) < 4.78 is 1.62. The van der Waals surface area contributed by atoms with Crippen LogP contribution in [0, 0.1) is 5.41 Å². The van der Waals surface area contributed by atoms with Crippen LogP contribution < -0.4 is 5.32 Å². The van der Waals surface area contributed by atoms with Gasteiger partial charge in [-0.3, -0.25) is 14.5 Å². The van der Waals surface area contributed by atoms with Crippen LogP contribution in [0.25, 0.3) is 0 Å². The third kappa shape index (κ3) is 4.40. The minimum absolute atomic E-state index is 0.136. The van der Waals surface area contributed by atoms with Gasteiger partial charge in [-0.15, -0.1) is 5.10 Å². The lowest BCUT2D eigenvalue weighted by Gasteiger charge is -2.34. The number of nitrogens with one attached hydrogen (secondary N) is 1. The summed E-state index contributed by atoms with van der Waals surface area (Å²) in [4.78, 5) is 29.7. The van der Waals surface area contributed by atoms with Crippen LogP contribution in [-0.4, -0.2) is 67.5 Å². The quantitative estimate of drug-likeness (QED) is 0.721. The number of likely N-dealkylation sites (tertiary alicyclic amines) is 1. The lowest BCUT2D eigenvalue weighted by Crippen LogP contribution is -2.49. The zero-order chi connectivity index (χ0) is 23.0. The number of aromatic nitrogens is 3. The van der Waals surface area contributed by atoms with E-state index in [9.17, 15) is 14.7 Å². The molecule has 3 heterocycles. The predicted molar refractivity (Wildman–Crippen MR) is 118 cm³/mol. The highest BCUT2D eigenvalue weighted by atomic mass is 16.3. The third-order valence-electron chi connectivity index (χ3n) is 6.28. The van der Waals surface area contributed by atoms with Gasteiger partial charge in [0.1, 0.15) is 12.1 Å². The number of amides is 2. The van der Waals surface area contributed by atoms with Gasteiger partial charge in [-0.2, -0.15) is 0 Å². The number of aliphatic hydroxyl groups excluding tert-OH is 1. The van der Waals surface area contributed by atoms with Crippen LogP contribution in [0.3, 0.4) is 0 Å². The average molecular weight is 441 g/mol. The molecular weight excluding hydrogens is 408 g/mol. The first-order chi connectivity index (χ1) is 15.2. The number of rotatable bonds is 5. The van der Waals surface area contributed by atoms with Crippen LogP contribution >= 0.6 is 0 Å². The maximum Gasteiger partial charge on any atom is 0.248 e. The van der Waals surface area contributed by atoms with Crippen LogP contribution in [0.1, 0.15) is 50.1 Å². The summed E-state index contributed by atoms with van der Waals surface area (Å²) in [6.45, 7) is 8.41. The fraction of sp³-hybridized carbons (Fsp3) is 0.565. The van der Waals surface area contributed by atoms with Gasteiger partial charge in [0, 0.05) is 39.6 Å². The molecule has 0 saturated carbocycles. The number of aliphatic hydroxyl groups is 1. The molecule has 2 N–H and O–H groups in total. The van der Waals surface area contributed by atoms with E-state index in [1.807, 2.05) is 27.0 Å². The Labute approximate surface area is 188 Å². The largest absolute Gasteiger partial charge is 0.391 e. The number of carbonyl (C=O) groups is 2. The Balaban J connectivity index is 1.53. The molecule has 2 aromatic rings. The van der Waals surface area contributed by atoms with Crippen molar-refractivity contribution in [1.82, 2.24) is 30.1 Å². The molecule has 0 unspecified atom stereocenters. The van der Waals surface area contributed by atoms with Crippen LogP contribution in [-0.2, 0) is 29.2 Å². The number of hydrogen-bond acceptors (Lipinski definition) is 6. The van der Waals surface area contributed by atoms with Gasteiger partial charge in [0.25, 0.3) is 0 Å². The topological polar surface area (TPSA) is 104 Å². The molecule has 1 aromatic heterocycles. The minimum atomic E-state index is -0.718. The summed E-state index contributed by atoms with van der Waals surface area (Å²) in [5.74, 6) is -0.497. The zero-order valence-electron chi connectivity index (χ0n) is 19.2. The van der Waals surface area contributed by atoms with E-state index in [-0.39, 0.29) is 24.8 Å². The van der Waals surface area contributed by atoms with Crippen molar-refractivity contribution in [2.75, 3.05) is 13.6 Å². The van der Waals surface area contributed by atoms with Gasteiger partial charge in [-0.05, 0) is 16.5 Å². The molecule has 0 bridgehead atoms. The molecular formula is C23H32N6O3. The van der Waals surface area contributed by atoms with Crippen molar-refractivity contribution in [3.05, 3.63) is 47.3 Å². The number of benzene rings is 1. The van der Waals surface area contributed by atoms with Crippen molar-refractivity contribution in [3.63, 3.8) is 0 Å². The molecule has 3 atom stereocenters. The fourth-order valence-corrected chi connectivity index (χ4v) is 4.77. The van der Waals surface area contributed by atoms with Gasteiger partial charge in [0.15, 0.2) is 0 Å². The summed E-state index contributed by atoms with van der Waals surface area (Å²) in [7, 11) is 1.54. The fourth-order valence-electron chi connectivity index (χ4n) is 4.77. The summed E-state index contributed by atoms with van der Waals surface area (Å²) >= 11 is 0. The Kier molecular flexibility index (Phi) is 6.05. The van der Waals surface area contributed by atoms with Gasteiger partial charge < -0.3 is 15.3 Å². The second-order valence-electron chi connectivity index (χ2n) is 9.88. The number of hydrogen-bond donors (Lipinski definition) is 2. The van der Waals surface area contributed by atoms with Gasteiger partial charge in [-0.1, -0.05) is 50.3 Å². The number of fused-ring (bicyclic) bond motifs is 1. The van der Waals surface area contributed by atoms with E-state index in [1.165, 1.54) is 23.1 Å². The monoisotopic (exact) mass is 440 g/mol. The average Bonchev–Trinajstić information content (AvgIpc) is 3.44. The summed E-state index contributed by atoms with van der Waals surface area (Å²) in [5.41, 5.74) is 2.99. The molecule has 2 amide bonds. The van der Waals surface area contributed by atoms with E-state index >= 15 is 0 Å². The third-order valence-corrected chi connectivity index (χ3v) is 6.28. The highest BCUT2D eigenvalue weighted by Gasteiger charge is 2.45. The standard InChI is InChI=1S/C23H32N6O3/c1-23(2,3)20(22(32)28-14-18(30)9-19(28)21(31)24-4)29-13-17(25-26-29)12-27-10-15-7-5-6-8-16(15)11-27/h5-8,13,18-20,30H,9-12,14H2,1-4H3,(H,24,31)/t18-,19+,20-/m1/s1. The Morgan fingerprint density at radius 2 is 1.88 bits per heavy atom. The van der Waals surface area contributed by atoms with Crippen molar-refractivity contribution in [3.8, 4) is 0 Å². The van der Waals surface area contributed by atoms with Gasteiger partial charge in [0.2, 0.25) is 11.8 Å². The van der Waals surface area contributed by atoms with E-state index < -0.39 is 23.6 Å². The lowest BCUT2D eigenvalue weighted by atomic mass is 9.85. The molecule has 0 aliphatic carbocycles. The lowest BCUT2D eigenvalue weighted by molar-refractivity contribution is -0.144. The molecule has 172 valence electrons. The molecule has 9 heteroatoms. The first-order valence-corrected chi connectivity index (χ1v) is 11.1. The first-order valence-electron chi connectivity index (χ1n) is 11.1. The van der Waals surface area contributed by atoms with E-state index in [1.54, 1.807) is 4.68 Å². The number of nitrogens with zero attached hydrogens (tertiary/aromatic N) is 5. The molecule has 1 aromatic carbocycles. The van der Waals surface area contributed by atoms with E-state index in [0.29, 0.717) is 6.54 Å². The molecule has 9 nitrogen and oxygen atoms in total. The van der Waals surface area contributed by atoms with Crippen LogP contribution in [0.2, 0.25) is 0 Å². The molecule has 0 spiro atoms. The maximum absolute atomic E-state index is 13.6. The Bertz CT molecular complexity index is 973. The number of likely N-dealkylation sites (N-methyl/N-ethyl adjacent to an activating group) is 1. The molecule has 0 radical (unpaired) electrons. The predicted octanol–water partition coefficient (Wildman–Crippen LogP) is 1.09. The van der Waals surface area contributed by atoms with Crippen molar-refractivity contribution in [2.24, 2.45) is 5.41 Å². The summed E-state index contributed by atoms with van der Waals surface area (Å²) in [6, 6.07) is 7.08. The maximum atomic E-state index is 13.6. The zero-order valence-corrected chi connectivity index (χ0v) is 19.2. The smallest absolute Gasteiger partial charge is 0.248 e. The van der Waals surface area contributed by atoms with Crippen LogP contribution in [0.15, 0.2) is 30.5 Å². The Hall–Kier alpha value is -2.78. The summed E-state index contributed by atoms with van der Waals surface area (Å²) in [6.07, 6.45) is 1.35. The number of β-amino-alcohol motifs (C(OH)–C–C–N with tert-alkyl or cyclic N) is 1. The normalized spacial score (nSPS) is 22.1. The van der Waals surface area contributed by atoms with Crippen LogP contribution in [0.5, 0.6) is 0 Å². The second-order valence-corrected chi connectivity index (χ2v) is 9.88. The van der Waals surface area contributed by atoms with Gasteiger partial charge in [-0.25, -0.2) is 4.68 Å². The SMILES string of the molecule is CNC(=O)[C@@H]1C[C@@H](O)CN1C(=O)[C@@H](n1cc(CN2Cc3ccccc3C2)nn1)C(C)(C)C. The van der Waals surface area contributed by atoms with Crippen molar-refractivity contribution >= 4 is 11.8 Å². The van der Waals surface area contributed by atoms with Crippen LogP contribution in [0.4, 0.5) is 0 Å². The van der Waals surface area contributed by atoms with Crippen molar-refractivity contribution in [1.29, 1.82) is 0 Å². The Morgan fingerprint density at radius 3 is 2.47 bits per heavy atom. The first kappa shape index (κ1) is 22.4. The second kappa shape index (κ2) is 8.63. The van der Waals surface area contributed by atoms with E-state index in [4.69, 9.17) is 0 Å². The molecule has 32 heavy (non-hydrogen) atoms. The van der Waals surface area contributed by atoms with Crippen molar-refractivity contribution < 1.29 is 14.7 Å². The van der Waals surface area contributed by atoms with Gasteiger partial charge >= 0.3 is 0 Å². The molecule has 2 aliphatic heterocycles. The molecule has 1 fully saturated rings. The van der Waals surface area contributed by atoms with Gasteiger partial charge in [0.05, 0.1) is 18.0 Å². The van der Waals surface area contributed by atoms with E-state index in [0.717, 1.165) is 18.8 Å². The molecule has 2 aliphatic rings. The molecule has 4 rings (SSSR count). The Morgan fingerprint density at radius 1 is 1.22 bits per heavy atom. The van der Waals surface area contributed by atoms with E-state index in [2.05, 4.69) is 44.8 Å². The minimum Gasteiger partial charge on any atom is -0.391 e. The highest BCUT2D eigenvalue weighted by Crippen LogP contribution is 2.34. The molecule has 1 saturated heterocycles. The summed E-state index contributed by atoms with van der Waals surface area (Å²) in [5, 5.41) is 21.4. The highest BCUT2D eigenvalue weighted by molar-refractivity contribution is 5.90.